The minimum absolute atomic E-state index is 0.000613. The molecule has 5 rings (SSSR count). The number of fused-ring (bicyclic) bond motifs is 1. The SMILES string of the molecule is COCCC(=O)N1CCN2[C@H](CN(Cc3c(OC)nc(OC)nc3OCC(F)F)C[C@H]2C(c2ccccc2)c2ccccc2)C1. The number of hydrogen-bond donors (Lipinski definition) is 0. The van der Waals surface area contributed by atoms with E-state index in [9.17, 15) is 13.6 Å². The summed E-state index contributed by atoms with van der Waals surface area (Å²) in [5.41, 5.74) is 2.85. The summed E-state index contributed by atoms with van der Waals surface area (Å²) in [6, 6.07) is 20.9. The normalized spacial score (nSPS) is 19.0. The first-order chi connectivity index (χ1) is 21.9. The number of benzene rings is 2. The fourth-order valence-electron chi connectivity index (χ4n) is 6.47. The van der Waals surface area contributed by atoms with Gasteiger partial charge in [-0.05, 0) is 11.1 Å². The smallest absolute Gasteiger partial charge is 0.322 e. The van der Waals surface area contributed by atoms with Crippen LogP contribution < -0.4 is 14.2 Å². The summed E-state index contributed by atoms with van der Waals surface area (Å²) in [6.07, 6.45) is -2.35. The second kappa shape index (κ2) is 15.4. The first kappa shape index (κ1) is 32.5. The number of halogens is 2. The Kier molecular flexibility index (Phi) is 11.1. The van der Waals surface area contributed by atoms with Crippen molar-refractivity contribution in [2.45, 2.75) is 37.4 Å². The lowest BCUT2D eigenvalue weighted by Crippen LogP contribution is -2.67. The Bertz CT molecular complexity index is 1350. The van der Waals surface area contributed by atoms with Crippen molar-refractivity contribution >= 4 is 5.91 Å². The van der Waals surface area contributed by atoms with Crippen LogP contribution in [-0.4, -0.2) is 116 Å². The van der Waals surface area contributed by atoms with Gasteiger partial charge in [-0.15, -0.1) is 0 Å². The standard InChI is InChI=1S/C33H41F2N5O5/c1-42-17-14-29(41)39-15-16-40-25(19-39)18-38(20-26-31(43-2)36-33(44-3)37-32(26)45-22-28(34)35)21-27(40)30(23-10-6-4-7-11-23)24-12-8-5-9-13-24/h4-13,25,27-28,30H,14-22H2,1-3H3/t25-,27+/m1/s1. The maximum Gasteiger partial charge on any atom is 0.322 e. The van der Waals surface area contributed by atoms with Crippen LogP contribution in [0.5, 0.6) is 17.8 Å². The number of rotatable bonds is 13. The summed E-state index contributed by atoms with van der Waals surface area (Å²) in [5, 5.41) is 0. The lowest BCUT2D eigenvalue weighted by molar-refractivity contribution is -0.137. The monoisotopic (exact) mass is 625 g/mol. The zero-order chi connectivity index (χ0) is 31.8. The van der Waals surface area contributed by atoms with Crippen LogP contribution in [0.15, 0.2) is 60.7 Å². The number of piperazine rings is 2. The summed E-state index contributed by atoms with van der Waals surface area (Å²) in [4.78, 5) is 28.4. The molecule has 2 aliphatic rings. The molecule has 1 amide bonds. The summed E-state index contributed by atoms with van der Waals surface area (Å²) in [5.74, 6) is 0.311. The van der Waals surface area contributed by atoms with Crippen molar-refractivity contribution in [3.05, 3.63) is 77.4 Å². The number of alkyl halides is 2. The van der Waals surface area contributed by atoms with Gasteiger partial charge in [0.1, 0.15) is 0 Å². The number of methoxy groups -OCH3 is 3. The number of hydrogen-bond acceptors (Lipinski definition) is 9. The van der Waals surface area contributed by atoms with Crippen molar-refractivity contribution in [2.24, 2.45) is 0 Å². The van der Waals surface area contributed by atoms with E-state index in [0.29, 0.717) is 51.3 Å². The summed E-state index contributed by atoms with van der Waals surface area (Å²) in [6.45, 7) is 3.07. The van der Waals surface area contributed by atoms with Crippen LogP contribution in [0.4, 0.5) is 8.78 Å². The van der Waals surface area contributed by atoms with Gasteiger partial charge in [-0.1, -0.05) is 60.7 Å². The Balaban J connectivity index is 1.52. The molecule has 0 unspecified atom stereocenters. The molecule has 10 nitrogen and oxygen atoms in total. The highest BCUT2D eigenvalue weighted by atomic mass is 19.3. The Morgan fingerprint density at radius 3 is 2.16 bits per heavy atom. The van der Waals surface area contributed by atoms with Gasteiger partial charge in [-0.3, -0.25) is 14.6 Å². The van der Waals surface area contributed by atoms with E-state index < -0.39 is 13.0 Å². The van der Waals surface area contributed by atoms with Gasteiger partial charge in [0, 0.05) is 64.4 Å². The molecule has 1 aromatic heterocycles. The van der Waals surface area contributed by atoms with Crippen LogP contribution in [-0.2, 0) is 16.1 Å². The second-order valence-electron chi connectivity index (χ2n) is 11.2. The first-order valence-corrected chi connectivity index (χ1v) is 15.2. The predicted octanol–water partition coefficient (Wildman–Crippen LogP) is 3.70. The maximum atomic E-state index is 13.2. The number of carbonyl (C=O) groups excluding carboxylic acids is 1. The zero-order valence-electron chi connectivity index (χ0n) is 26.0. The molecule has 0 aliphatic carbocycles. The molecular weight excluding hydrogens is 584 g/mol. The van der Waals surface area contributed by atoms with Gasteiger partial charge in [0.05, 0.1) is 32.8 Å². The first-order valence-electron chi connectivity index (χ1n) is 15.2. The maximum absolute atomic E-state index is 13.2. The Labute approximate surface area is 262 Å². The molecule has 0 radical (unpaired) electrons. The predicted molar refractivity (Wildman–Crippen MR) is 164 cm³/mol. The number of carbonyl (C=O) groups is 1. The van der Waals surface area contributed by atoms with Gasteiger partial charge in [0.15, 0.2) is 6.61 Å². The number of ether oxygens (including phenoxy) is 4. The van der Waals surface area contributed by atoms with Crippen molar-refractivity contribution in [1.82, 2.24) is 24.7 Å². The highest BCUT2D eigenvalue weighted by molar-refractivity contribution is 5.76. The van der Waals surface area contributed by atoms with E-state index in [1.165, 1.54) is 25.3 Å². The van der Waals surface area contributed by atoms with Gasteiger partial charge >= 0.3 is 6.01 Å². The fourth-order valence-corrected chi connectivity index (χ4v) is 6.47. The van der Waals surface area contributed by atoms with Crippen molar-refractivity contribution in [1.29, 1.82) is 0 Å². The Hall–Kier alpha value is -3.87. The number of amides is 1. The Morgan fingerprint density at radius 1 is 0.889 bits per heavy atom. The molecule has 2 aromatic carbocycles. The minimum atomic E-state index is -2.68. The number of aromatic nitrogens is 2. The highest BCUT2D eigenvalue weighted by Gasteiger charge is 2.43. The third-order valence-corrected chi connectivity index (χ3v) is 8.46. The van der Waals surface area contributed by atoms with Gasteiger partial charge in [-0.25, -0.2) is 8.78 Å². The molecule has 2 atom stereocenters. The third-order valence-electron chi connectivity index (χ3n) is 8.46. The minimum Gasteiger partial charge on any atom is -0.481 e. The van der Waals surface area contributed by atoms with Crippen molar-refractivity contribution < 1.29 is 32.5 Å². The third kappa shape index (κ3) is 7.86. The fraction of sp³-hybridized carbons (Fsp3) is 0.485. The lowest BCUT2D eigenvalue weighted by Gasteiger charge is -2.53. The van der Waals surface area contributed by atoms with Crippen LogP contribution in [0.2, 0.25) is 0 Å². The molecule has 0 spiro atoms. The molecule has 3 aromatic rings. The average molecular weight is 626 g/mol. The zero-order valence-corrected chi connectivity index (χ0v) is 26.0. The molecule has 242 valence electrons. The molecule has 0 saturated carbocycles. The van der Waals surface area contributed by atoms with Crippen LogP contribution in [0.25, 0.3) is 0 Å². The van der Waals surface area contributed by atoms with Crippen molar-refractivity contribution in [3.8, 4) is 17.8 Å². The molecule has 0 bridgehead atoms. The molecule has 12 heteroatoms. The van der Waals surface area contributed by atoms with Gasteiger partial charge in [0.2, 0.25) is 17.7 Å². The highest BCUT2D eigenvalue weighted by Crippen LogP contribution is 2.37. The van der Waals surface area contributed by atoms with Crippen LogP contribution in [0.1, 0.15) is 29.0 Å². The summed E-state index contributed by atoms with van der Waals surface area (Å²) in [7, 11) is 4.46. The molecule has 45 heavy (non-hydrogen) atoms. The van der Waals surface area contributed by atoms with E-state index in [2.05, 4.69) is 68.3 Å². The van der Waals surface area contributed by atoms with E-state index >= 15 is 0 Å². The van der Waals surface area contributed by atoms with Gasteiger partial charge in [0.25, 0.3) is 6.43 Å². The lowest BCUT2D eigenvalue weighted by atomic mass is 9.81. The largest absolute Gasteiger partial charge is 0.481 e. The van der Waals surface area contributed by atoms with E-state index in [4.69, 9.17) is 18.9 Å². The summed E-state index contributed by atoms with van der Waals surface area (Å²) < 4.78 is 47.8. The van der Waals surface area contributed by atoms with Crippen LogP contribution in [0, 0.1) is 0 Å². The van der Waals surface area contributed by atoms with E-state index in [1.54, 1.807) is 7.11 Å². The van der Waals surface area contributed by atoms with Crippen molar-refractivity contribution in [3.63, 3.8) is 0 Å². The topological polar surface area (TPSA) is 89.5 Å². The van der Waals surface area contributed by atoms with E-state index in [-0.39, 0.29) is 41.7 Å². The van der Waals surface area contributed by atoms with Crippen molar-refractivity contribution in [2.75, 3.05) is 67.3 Å². The molecular formula is C33H41F2N5O5. The second-order valence-corrected chi connectivity index (χ2v) is 11.2. The number of nitrogens with zero attached hydrogens (tertiary/aromatic N) is 5. The van der Waals surface area contributed by atoms with Gasteiger partial charge in [-0.2, -0.15) is 9.97 Å². The molecule has 2 fully saturated rings. The summed E-state index contributed by atoms with van der Waals surface area (Å²) >= 11 is 0. The average Bonchev–Trinajstić information content (AvgIpc) is 3.07. The Morgan fingerprint density at radius 2 is 1.56 bits per heavy atom. The molecule has 3 heterocycles. The molecule has 0 N–H and O–H groups in total. The van der Waals surface area contributed by atoms with E-state index in [1.807, 2.05) is 17.0 Å². The van der Waals surface area contributed by atoms with Gasteiger partial charge < -0.3 is 23.8 Å². The quantitative estimate of drug-likeness (QED) is 0.282. The van der Waals surface area contributed by atoms with E-state index in [0.717, 1.165) is 6.54 Å². The van der Waals surface area contributed by atoms with Crippen LogP contribution >= 0.6 is 0 Å². The van der Waals surface area contributed by atoms with Crippen LogP contribution in [0.3, 0.4) is 0 Å². The molecule has 2 saturated heterocycles. The molecule has 2 aliphatic heterocycles.